The zero-order chi connectivity index (χ0) is 11.4. The molecule has 2 aromatic rings. The maximum atomic E-state index is 5.72. The van der Waals surface area contributed by atoms with E-state index in [1.807, 2.05) is 60.4 Å². The molecule has 0 aliphatic heterocycles. The highest BCUT2D eigenvalue weighted by Crippen LogP contribution is 2.30. The van der Waals surface area contributed by atoms with Crippen LogP contribution in [0.3, 0.4) is 0 Å². The maximum absolute atomic E-state index is 5.72. The number of hydrogen-bond donors (Lipinski definition) is 0. The Morgan fingerprint density at radius 3 is 2.19 bits per heavy atom. The molecule has 0 N–H and O–H groups in total. The molecule has 0 amide bonds. The summed E-state index contributed by atoms with van der Waals surface area (Å²) in [6, 6.07) is 11.4. The summed E-state index contributed by atoms with van der Waals surface area (Å²) >= 11 is 0. The van der Waals surface area contributed by atoms with Gasteiger partial charge in [0, 0.05) is 12.1 Å². The first kappa shape index (κ1) is 10.5. The zero-order valence-electron chi connectivity index (χ0n) is 9.38. The van der Waals surface area contributed by atoms with Gasteiger partial charge in [0.1, 0.15) is 12.8 Å². The second kappa shape index (κ2) is 4.66. The summed E-state index contributed by atoms with van der Waals surface area (Å²) in [5.41, 5.74) is 0. The summed E-state index contributed by atoms with van der Waals surface area (Å²) in [7, 11) is 3.60. The van der Waals surface area contributed by atoms with Gasteiger partial charge in [-0.15, -0.1) is 0 Å². The fourth-order valence-electron chi connectivity index (χ4n) is 1.39. The average molecular weight is 216 g/mol. The predicted molar refractivity (Wildman–Crippen MR) is 60.7 cm³/mol. The smallest absolute Gasteiger partial charge is 0.172 e. The normalized spacial score (nSPS) is 9.88. The Balaban J connectivity index is 2.23. The minimum Gasteiger partial charge on any atom is -0.493 e. The second-order valence-electron chi connectivity index (χ2n) is 3.45. The molecule has 0 saturated carbocycles. The van der Waals surface area contributed by atoms with Crippen LogP contribution in [0, 0.1) is 0 Å². The molecule has 3 nitrogen and oxygen atoms in total. The topological polar surface area (TPSA) is 22.3 Å². The first-order valence-electron chi connectivity index (χ1n) is 5.06. The van der Waals surface area contributed by atoms with Crippen molar-refractivity contribution in [2.75, 3.05) is 7.11 Å². The molecule has 0 atom stereocenters. The molecule has 0 aliphatic rings. The van der Waals surface area contributed by atoms with Crippen molar-refractivity contribution in [3.8, 4) is 17.2 Å². The van der Waals surface area contributed by atoms with Crippen LogP contribution in [0.5, 0.6) is 17.2 Å². The number of pyridine rings is 1. The van der Waals surface area contributed by atoms with Crippen molar-refractivity contribution in [3.05, 3.63) is 48.8 Å². The Labute approximate surface area is 94.9 Å². The van der Waals surface area contributed by atoms with Crippen LogP contribution >= 0.6 is 0 Å². The van der Waals surface area contributed by atoms with E-state index < -0.39 is 0 Å². The molecule has 16 heavy (non-hydrogen) atoms. The van der Waals surface area contributed by atoms with Gasteiger partial charge in [-0.25, -0.2) is 4.57 Å². The van der Waals surface area contributed by atoms with Gasteiger partial charge in [-0.05, 0) is 12.1 Å². The number of para-hydroxylation sites is 2. The monoisotopic (exact) mass is 216 g/mol. The van der Waals surface area contributed by atoms with E-state index in [9.17, 15) is 0 Å². The van der Waals surface area contributed by atoms with Crippen LogP contribution in [0.4, 0.5) is 0 Å². The molecule has 1 aromatic heterocycles. The van der Waals surface area contributed by atoms with Crippen molar-refractivity contribution in [1.29, 1.82) is 0 Å². The van der Waals surface area contributed by atoms with Gasteiger partial charge in [0.15, 0.2) is 23.9 Å². The van der Waals surface area contributed by atoms with E-state index >= 15 is 0 Å². The van der Waals surface area contributed by atoms with Crippen LogP contribution in [-0.2, 0) is 7.05 Å². The molecule has 3 heteroatoms. The summed E-state index contributed by atoms with van der Waals surface area (Å²) in [6.45, 7) is 0. The first-order valence-corrected chi connectivity index (χ1v) is 5.06. The highest BCUT2D eigenvalue weighted by atomic mass is 16.5. The van der Waals surface area contributed by atoms with Crippen LogP contribution in [0.25, 0.3) is 0 Å². The number of benzene rings is 1. The Morgan fingerprint density at radius 1 is 0.938 bits per heavy atom. The van der Waals surface area contributed by atoms with Crippen molar-refractivity contribution >= 4 is 0 Å². The summed E-state index contributed by atoms with van der Waals surface area (Å²) in [4.78, 5) is 0. The summed E-state index contributed by atoms with van der Waals surface area (Å²) in [5, 5.41) is 0. The molecule has 0 spiro atoms. The molecule has 1 aromatic carbocycles. The van der Waals surface area contributed by atoms with Gasteiger partial charge in [-0.3, -0.25) is 0 Å². The summed E-state index contributed by atoms with van der Waals surface area (Å²) in [5.74, 6) is 2.25. The second-order valence-corrected chi connectivity index (χ2v) is 3.45. The zero-order valence-corrected chi connectivity index (χ0v) is 9.38. The molecule has 0 aliphatic carbocycles. The SMILES string of the molecule is COc1ccccc1Oc1cc[n+](C)cc1. The molecule has 2 rings (SSSR count). The molecule has 0 unspecified atom stereocenters. The number of hydrogen-bond acceptors (Lipinski definition) is 2. The number of nitrogens with zero attached hydrogens (tertiary/aromatic N) is 1. The Bertz CT molecular complexity index is 466. The lowest BCUT2D eigenvalue weighted by molar-refractivity contribution is -0.671. The molecule has 0 fully saturated rings. The van der Waals surface area contributed by atoms with E-state index in [0.29, 0.717) is 0 Å². The standard InChI is InChI=1S/C13H14NO2/c1-14-9-7-11(8-10-14)16-13-6-4-3-5-12(13)15-2/h3-10H,1-2H3/q+1. The Kier molecular flexibility index (Phi) is 3.05. The van der Waals surface area contributed by atoms with Crippen LogP contribution in [0.2, 0.25) is 0 Å². The molecule has 0 bridgehead atoms. The predicted octanol–water partition coefficient (Wildman–Crippen LogP) is 2.31. The highest BCUT2D eigenvalue weighted by molar-refractivity contribution is 5.42. The van der Waals surface area contributed by atoms with Crippen molar-refractivity contribution in [2.45, 2.75) is 0 Å². The fraction of sp³-hybridized carbons (Fsp3) is 0.154. The Hall–Kier alpha value is -2.03. The van der Waals surface area contributed by atoms with Gasteiger partial charge in [0.05, 0.1) is 7.11 Å². The van der Waals surface area contributed by atoms with Gasteiger partial charge in [0.25, 0.3) is 0 Å². The maximum Gasteiger partial charge on any atom is 0.172 e. The van der Waals surface area contributed by atoms with Gasteiger partial charge < -0.3 is 9.47 Å². The number of ether oxygens (including phenoxy) is 2. The van der Waals surface area contributed by atoms with Crippen molar-refractivity contribution in [3.63, 3.8) is 0 Å². The van der Waals surface area contributed by atoms with E-state index in [1.165, 1.54) is 0 Å². The van der Waals surface area contributed by atoms with Crippen LogP contribution in [0.1, 0.15) is 0 Å². The van der Waals surface area contributed by atoms with Gasteiger partial charge in [-0.2, -0.15) is 0 Å². The number of aromatic nitrogens is 1. The third kappa shape index (κ3) is 2.31. The third-order valence-corrected chi connectivity index (χ3v) is 2.24. The lowest BCUT2D eigenvalue weighted by Crippen LogP contribution is -2.25. The number of methoxy groups -OCH3 is 1. The van der Waals surface area contributed by atoms with Gasteiger partial charge in [-0.1, -0.05) is 12.1 Å². The van der Waals surface area contributed by atoms with E-state index in [4.69, 9.17) is 9.47 Å². The van der Waals surface area contributed by atoms with Gasteiger partial charge >= 0.3 is 0 Å². The molecule has 82 valence electrons. The van der Waals surface area contributed by atoms with E-state index in [0.717, 1.165) is 17.2 Å². The van der Waals surface area contributed by atoms with Crippen molar-refractivity contribution in [2.24, 2.45) is 7.05 Å². The molecule has 0 radical (unpaired) electrons. The lowest BCUT2D eigenvalue weighted by Gasteiger charge is -2.08. The average Bonchev–Trinajstić information content (AvgIpc) is 2.33. The lowest BCUT2D eigenvalue weighted by atomic mass is 10.3. The quantitative estimate of drug-likeness (QED) is 0.735. The Morgan fingerprint density at radius 2 is 1.56 bits per heavy atom. The molecule has 1 heterocycles. The van der Waals surface area contributed by atoms with E-state index in [1.54, 1.807) is 7.11 Å². The summed E-state index contributed by atoms with van der Waals surface area (Å²) in [6.07, 6.45) is 3.87. The van der Waals surface area contributed by atoms with Crippen LogP contribution in [-0.4, -0.2) is 7.11 Å². The van der Waals surface area contributed by atoms with Crippen LogP contribution in [0.15, 0.2) is 48.8 Å². The minimum absolute atomic E-state index is 0.721. The highest BCUT2D eigenvalue weighted by Gasteiger charge is 2.04. The van der Waals surface area contributed by atoms with Crippen LogP contribution < -0.4 is 14.0 Å². The number of rotatable bonds is 3. The molecular formula is C13H14NO2+. The van der Waals surface area contributed by atoms with Crippen molar-refractivity contribution in [1.82, 2.24) is 0 Å². The van der Waals surface area contributed by atoms with E-state index in [2.05, 4.69) is 0 Å². The fourth-order valence-corrected chi connectivity index (χ4v) is 1.39. The minimum atomic E-state index is 0.721. The largest absolute Gasteiger partial charge is 0.493 e. The van der Waals surface area contributed by atoms with Gasteiger partial charge in [0.2, 0.25) is 0 Å². The molecule has 0 saturated heterocycles. The summed E-state index contributed by atoms with van der Waals surface area (Å²) < 4.78 is 12.9. The third-order valence-electron chi connectivity index (χ3n) is 2.24. The molecular weight excluding hydrogens is 202 g/mol. The first-order chi connectivity index (χ1) is 7.79. The number of aryl methyl sites for hydroxylation is 1. The van der Waals surface area contributed by atoms with Crippen molar-refractivity contribution < 1.29 is 14.0 Å². The van der Waals surface area contributed by atoms with E-state index in [-0.39, 0.29) is 0 Å².